The summed E-state index contributed by atoms with van der Waals surface area (Å²) >= 11 is 4.70. The van der Waals surface area contributed by atoms with Gasteiger partial charge in [-0.2, -0.15) is 5.10 Å². The SMILES string of the molecule is Cc1cc(C)n(Cc2ccc(C(=O)Nc3ncc(Br)s3)cc2)n1. The van der Waals surface area contributed by atoms with Gasteiger partial charge in [0.05, 0.1) is 22.2 Å². The highest BCUT2D eigenvalue weighted by Gasteiger charge is 2.09. The summed E-state index contributed by atoms with van der Waals surface area (Å²) in [6.45, 7) is 4.71. The van der Waals surface area contributed by atoms with E-state index in [0.717, 1.165) is 20.7 Å². The van der Waals surface area contributed by atoms with Crippen LogP contribution in [0, 0.1) is 13.8 Å². The molecule has 0 aliphatic carbocycles. The van der Waals surface area contributed by atoms with Crippen LogP contribution < -0.4 is 5.32 Å². The molecule has 0 fully saturated rings. The van der Waals surface area contributed by atoms with Crippen molar-refractivity contribution in [2.75, 3.05) is 5.32 Å². The van der Waals surface area contributed by atoms with E-state index in [1.54, 1.807) is 6.20 Å². The Hall–Kier alpha value is -1.99. The third-order valence-corrected chi connectivity index (χ3v) is 4.74. The molecule has 0 radical (unpaired) electrons. The Bertz CT molecular complexity index is 838. The third kappa shape index (κ3) is 3.86. The Labute approximate surface area is 146 Å². The number of hydrogen-bond acceptors (Lipinski definition) is 4. The summed E-state index contributed by atoms with van der Waals surface area (Å²) in [5.74, 6) is -0.162. The Kier molecular flexibility index (Phi) is 4.58. The van der Waals surface area contributed by atoms with Crippen LogP contribution in [-0.4, -0.2) is 20.7 Å². The second-order valence-corrected chi connectivity index (χ2v) is 7.62. The smallest absolute Gasteiger partial charge is 0.257 e. The number of aryl methyl sites for hydroxylation is 2. The fraction of sp³-hybridized carbons (Fsp3) is 0.188. The Balaban J connectivity index is 1.69. The second kappa shape index (κ2) is 6.64. The first-order chi connectivity index (χ1) is 11.0. The number of benzene rings is 1. The van der Waals surface area contributed by atoms with Crippen molar-refractivity contribution in [3.8, 4) is 0 Å². The number of hydrogen-bond donors (Lipinski definition) is 1. The molecule has 7 heteroatoms. The van der Waals surface area contributed by atoms with Crippen molar-refractivity contribution in [2.24, 2.45) is 0 Å². The van der Waals surface area contributed by atoms with Crippen LogP contribution in [-0.2, 0) is 6.54 Å². The molecular formula is C16H15BrN4OS. The number of carbonyl (C=O) groups excluding carboxylic acids is 1. The molecule has 2 aromatic heterocycles. The van der Waals surface area contributed by atoms with Crippen LogP contribution in [0.15, 0.2) is 40.3 Å². The fourth-order valence-corrected chi connectivity index (χ4v) is 3.35. The standard InChI is InChI=1S/C16H15BrN4OS/c1-10-7-11(2)21(20-10)9-12-3-5-13(6-4-12)15(22)19-16-18-8-14(17)23-16/h3-8H,9H2,1-2H3,(H,18,19,22). The van der Waals surface area contributed by atoms with Gasteiger partial charge >= 0.3 is 0 Å². The van der Waals surface area contributed by atoms with Crippen LogP contribution in [0.3, 0.4) is 0 Å². The Morgan fingerprint density at radius 2 is 2.04 bits per heavy atom. The number of nitrogens with zero attached hydrogens (tertiary/aromatic N) is 3. The van der Waals surface area contributed by atoms with Gasteiger partial charge in [0.2, 0.25) is 0 Å². The average molecular weight is 391 g/mol. The quantitative estimate of drug-likeness (QED) is 0.731. The topological polar surface area (TPSA) is 59.8 Å². The lowest BCUT2D eigenvalue weighted by molar-refractivity contribution is 0.102. The summed E-state index contributed by atoms with van der Waals surface area (Å²) in [7, 11) is 0. The van der Waals surface area contributed by atoms with Crippen molar-refractivity contribution in [1.82, 2.24) is 14.8 Å². The molecule has 0 atom stereocenters. The summed E-state index contributed by atoms with van der Waals surface area (Å²) in [5.41, 5.74) is 3.84. The van der Waals surface area contributed by atoms with E-state index in [4.69, 9.17) is 0 Å². The zero-order valence-corrected chi connectivity index (χ0v) is 15.1. The molecule has 5 nitrogen and oxygen atoms in total. The van der Waals surface area contributed by atoms with Crippen molar-refractivity contribution in [3.63, 3.8) is 0 Å². The number of nitrogens with one attached hydrogen (secondary N) is 1. The molecule has 0 bridgehead atoms. The minimum atomic E-state index is -0.162. The van der Waals surface area contributed by atoms with Crippen LogP contribution in [0.5, 0.6) is 0 Å². The molecule has 2 heterocycles. The molecule has 3 rings (SSSR count). The van der Waals surface area contributed by atoms with E-state index >= 15 is 0 Å². The lowest BCUT2D eigenvalue weighted by Crippen LogP contribution is -2.12. The number of thiazole rings is 1. The van der Waals surface area contributed by atoms with Crippen LogP contribution >= 0.6 is 27.3 Å². The minimum absolute atomic E-state index is 0.162. The zero-order chi connectivity index (χ0) is 16.4. The average Bonchev–Trinajstić information content (AvgIpc) is 3.05. The summed E-state index contributed by atoms with van der Waals surface area (Å²) in [6.07, 6.45) is 1.66. The molecule has 23 heavy (non-hydrogen) atoms. The molecule has 0 saturated carbocycles. The lowest BCUT2D eigenvalue weighted by Gasteiger charge is -2.06. The van der Waals surface area contributed by atoms with E-state index in [1.807, 2.05) is 48.9 Å². The molecule has 0 aliphatic heterocycles. The van der Waals surface area contributed by atoms with Crippen LogP contribution in [0.1, 0.15) is 27.3 Å². The molecule has 3 aromatic rings. The molecule has 118 valence electrons. The van der Waals surface area contributed by atoms with E-state index in [9.17, 15) is 4.79 Å². The van der Waals surface area contributed by atoms with Gasteiger partial charge in [0.15, 0.2) is 5.13 Å². The normalized spacial score (nSPS) is 10.7. The zero-order valence-electron chi connectivity index (χ0n) is 12.7. The number of aromatic nitrogens is 3. The number of halogens is 1. The molecule has 0 aliphatic rings. The highest BCUT2D eigenvalue weighted by molar-refractivity contribution is 9.11. The fourth-order valence-electron chi connectivity index (χ4n) is 2.25. The maximum Gasteiger partial charge on any atom is 0.257 e. The van der Waals surface area contributed by atoms with Gasteiger partial charge in [-0.3, -0.25) is 14.8 Å². The van der Waals surface area contributed by atoms with E-state index in [1.165, 1.54) is 11.3 Å². The molecular weight excluding hydrogens is 376 g/mol. The molecule has 1 aromatic carbocycles. The molecule has 0 spiro atoms. The van der Waals surface area contributed by atoms with Gasteiger partial charge in [-0.05, 0) is 53.5 Å². The molecule has 0 saturated heterocycles. The first-order valence-corrected chi connectivity index (χ1v) is 8.65. The Morgan fingerprint density at radius 1 is 1.30 bits per heavy atom. The summed E-state index contributed by atoms with van der Waals surface area (Å²) in [6, 6.07) is 9.58. The molecule has 1 amide bonds. The van der Waals surface area contributed by atoms with Crippen LogP contribution in [0.4, 0.5) is 5.13 Å². The summed E-state index contributed by atoms with van der Waals surface area (Å²) in [5, 5.41) is 7.81. The highest BCUT2D eigenvalue weighted by Crippen LogP contribution is 2.23. The van der Waals surface area contributed by atoms with Crippen molar-refractivity contribution in [1.29, 1.82) is 0 Å². The maximum absolute atomic E-state index is 12.2. The second-order valence-electron chi connectivity index (χ2n) is 5.21. The largest absolute Gasteiger partial charge is 0.298 e. The van der Waals surface area contributed by atoms with E-state index < -0.39 is 0 Å². The predicted molar refractivity (Wildman–Crippen MR) is 95.0 cm³/mol. The van der Waals surface area contributed by atoms with Gasteiger partial charge in [-0.25, -0.2) is 4.98 Å². The van der Waals surface area contributed by atoms with Crippen LogP contribution in [0.2, 0.25) is 0 Å². The van der Waals surface area contributed by atoms with E-state index in [2.05, 4.69) is 31.3 Å². The monoisotopic (exact) mass is 390 g/mol. The maximum atomic E-state index is 12.2. The van der Waals surface area contributed by atoms with Gasteiger partial charge in [0, 0.05) is 11.3 Å². The van der Waals surface area contributed by atoms with Crippen LogP contribution in [0.25, 0.3) is 0 Å². The van der Waals surface area contributed by atoms with E-state index in [0.29, 0.717) is 17.2 Å². The summed E-state index contributed by atoms with van der Waals surface area (Å²) < 4.78 is 2.84. The van der Waals surface area contributed by atoms with Gasteiger partial charge in [0.1, 0.15) is 0 Å². The first-order valence-electron chi connectivity index (χ1n) is 7.04. The van der Waals surface area contributed by atoms with Gasteiger partial charge in [-0.15, -0.1) is 0 Å². The van der Waals surface area contributed by atoms with Gasteiger partial charge in [-0.1, -0.05) is 23.5 Å². The third-order valence-electron chi connectivity index (χ3n) is 3.35. The molecule has 1 N–H and O–H groups in total. The van der Waals surface area contributed by atoms with Gasteiger partial charge in [0.25, 0.3) is 5.91 Å². The number of anilines is 1. The van der Waals surface area contributed by atoms with E-state index in [-0.39, 0.29) is 5.91 Å². The minimum Gasteiger partial charge on any atom is -0.298 e. The Morgan fingerprint density at radius 3 is 2.61 bits per heavy atom. The van der Waals surface area contributed by atoms with Gasteiger partial charge < -0.3 is 0 Å². The van der Waals surface area contributed by atoms with Crippen molar-refractivity contribution in [3.05, 3.63) is 62.8 Å². The first kappa shape index (κ1) is 15.9. The lowest BCUT2D eigenvalue weighted by atomic mass is 10.1. The highest BCUT2D eigenvalue weighted by atomic mass is 79.9. The summed E-state index contributed by atoms with van der Waals surface area (Å²) in [4.78, 5) is 16.3. The predicted octanol–water partition coefficient (Wildman–Crippen LogP) is 4.02. The van der Waals surface area contributed by atoms with Crippen molar-refractivity contribution < 1.29 is 4.79 Å². The number of amides is 1. The van der Waals surface area contributed by atoms with Crippen molar-refractivity contribution >= 4 is 38.3 Å². The number of carbonyl (C=O) groups is 1. The number of rotatable bonds is 4. The molecule has 0 unspecified atom stereocenters. The van der Waals surface area contributed by atoms with Crippen molar-refractivity contribution in [2.45, 2.75) is 20.4 Å².